The summed E-state index contributed by atoms with van der Waals surface area (Å²) in [6.45, 7) is 2.01. The number of benzene rings is 1. The van der Waals surface area contributed by atoms with Crippen LogP contribution in [0.5, 0.6) is 0 Å². The number of aryl methyl sites for hydroxylation is 1. The van der Waals surface area contributed by atoms with Crippen LogP contribution < -0.4 is 0 Å². The third-order valence-electron chi connectivity index (χ3n) is 2.23. The summed E-state index contributed by atoms with van der Waals surface area (Å²) < 4.78 is 3.19. The molecule has 1 N–H and O–H groups in total. The zero-order valence-corrected chi connectivity index (χ0v) is 11.6. The summed E-state index contributed by atoms with van der Waals surface area (Å²) in [6.07, 6.45) is 2.54. The molecule has 0 atom stereocenters. The maximum atomic E-state index is 5.10. The second-order valence-electron chi connectivity index (χ2n) is 3.41. The number of aromatic nitrogens is 3. The fraction of sp³-hybridized carbons (Fsp3) is 0.182. The molecule has 0 aliphatic rings. The Hall–Kier alpha value is -1.27. The molecule has 2 aromatic rings. The van der Waals surface area contributed by atoms with Crippen LogP contribution >= 0.6 is 28.1 Å². The Morgan fingerprint density at radius 2 is 2.18 bits per heavy atom. The second kappa shape index (κ2) is 5.37. The van der Waals surface area contributed by atoms with Gasteiger partial charge in [-0.3, -0.25) is 5.10 Å². The molecular weight excluding hydrogens is 300 g/mol. The van der Waals surface area contributed by atoms with Gasteiger partial charge in [-0.2, -0.15) is 14.9 Å². The third-order valence-corrected chi connectivity index (χ3v) is 3.02. The molecular formula is C11H11BrN4S. The molecule has 0 aliphatic carbocycles. The number of rotatable bonds is 3. The Morgan fingerprint density at radius 3 is 2.82 bits per heavy atom. The van der Waals surface area contributed by atoms with Crippen LogP contribution in [0.1, 0.15) is 18.3 Å². The van der Waals surface area contributed by atoms with Gasteiger partial charge in [-0.15, -0.1) is 0 Å². The molecule has 0 fully saturated rings. The Labute approximate surface area is 113 Å². The van der Waals surface area contributed by atoms with Crippen molar-refractivity contribution in [1.82, 2.24) is 14.9 Å². The number of hydrogen-bond donors (Lipinski definition) is 1. The van der Waals surface area contributed by atoms with Gasteiger partial charge < -0.3 is 0 Å². The normalized spacial score (nSPS) is 11.2. The molecule has 0 amide bonds. The van der Waals surface area contributed by atoms with Crippen LogP contribution in [-0.4, -0.2) is 21.1 Å². The molecule has 0 spiro atoms. The minimum Gasteiger partial charge on any atom is -0.250 e. The van der Waals surface area contributed by atoms with Gasteiger partial charge in [-0.05, 0) is 29.9 Å². The van der Waals surface area contributed by atoms with Crippen molar-refractivity contribution < 1.29 is 0 Å². The van der Waals surface area contributed by atoms with E-state index in [1.54, 1.807) is 10.9 Å². The van der Waals surface area contributed by atoms with E-state index in [9.17, 15) is 0 Å². The number of nitrogens with one attached hydrogen (secondary N) is 1. The highest BCUT2D eigenvalue weighted by Crippen LogP contribution is 2.09. The lowest BCUT2D eigenvalue weighted by atomic mass is 10.2. The monoisotopic (exact) mass is 310 g/mol. The lowest BCUT2D eigenvalue weighted by Gasteiger charge is -1.97. The van der Waals surface area contributed by atoms with Crippen molar-refractivity contribution in [3.63, 3.8) is 0 Å². The van der Waals surface area contributed by atoms with Crippen molar-refractivity contribution in [3.8, 4) is 0 Å². The Kier molecular flexibility index (Phi) is 3.86. The quantitative estimate of drug-likeness (QED) is 0.699. The third kappa shape index (κ3) is 2.89. The van der Waals surface area contributed by atoms with Crippen molar-refractivity contribution in [1.29, 1.82) is 0 Å². The fourth-order valence-corrected chi connectivity index (χ4v) is 1.81. The van der Waals surface area contributed by atoms with E-state index >= 15 is 0 Å². The summed E-state index contributed by atoms with van der Waals surface area (Å²) in [5.74, 6) is 0.823. The zero-order chi connectivity index (χ0) is 12.3. The standard InChI is InChI=1S/C11H11BrN4S/c1-2-10-14-15-11(17)16(10)13-7-8-3-5-9(12)6-4-8/h3-7H,2H2,1H3,(H,15,17). The van der Waals surface area contributed by atoms with Crippen molar-refractivity contribution in [2.75, 3.05) is 0 Å². The topological polar surface area (TPSA) is 46.0 Å². The largest absolute Gasteiger partial charge is 0.250 e. The first-order chi connectivity index (χ1) is 8.20. The molecule has 17 heavy (non-hydrogen) atoms. The maximum absolute atomic E-state index is 5.10. The average Bonchev–Trinajstić information content (AvgIpc) is 2.69. The van der Waals surface area contributed by atoms with Gasteiger partial charge in [0.2, 0.25) is 4.77 Å². The van der Waals surface area contributed by atoms with Crippen LogP contribution in [0.2, 0.25) is 0 Å². The molecule has 6 heteroatoms. The minimum atomic E-state index is 0.509. The molecule has 0 saturated carbocycles. The highest BCUT2D eigenvalue weighted by molar-refractivity contribution is 9.10. The summed E-state index contributed by atoms with van der Waals surface area (Å²) in [5.41, 5.74) is 1.01. The number of aromatic amines is 1. The van der Waals surface area contributed by atoms with E-state index < -0.39 is 0 Å². The van der Waals surface area contributed by atoms with E-state index in [2.05, 4.69) is 31.2 Å². The van der Waals surface area contributed by atoms with E-state index in [4.69, 9.17) is 12.2 Å². The molecule has 0 aliphatic heterocycles. The lowest BCUT2D eigenvalue weighted by molar-refractivity contribution is 0.780. The van der Waals surface area contributed by atoms with Gasteiger partial charge in [-0.1, -0.05) is 35.0 Å². The SMILES string of the molecule is CCc1n[nH]c(=S)n1N=Cc1ccc(Br)cc1. The summed E-state index contributed by atoms with van der Waals surface area (Å²) in [6, 6.07) is 7.89. The van der Waals surface area contributed by atoms with E-state index in [1.807, 2.05) is 31.2 Å². The van der Waals surface area contributed by atoms with E-state index in [-0.39, 0.29) is 0 Å². The molecule has 1 aromatic carbocycles. The highest BCUT2D eigenvalue weighted by atomic mass is 79.9. The fourth-order valence-electron chi connectivity index (χ4n) is 1.35. The minimum absolute atomic E-state index is 0.509. The predicted octanol–water partition coefficient (Wildman–Crippen LogP) is 3.15. The molecule has 0 saturated heterocycles. The number of nitrogens with zero attached hydrogens (tertiary/aromatic N) is 3. The van der Waals surface area contributed by atoms with Gasteiger partial charge in [-0.25, -0.2) is 0 Å². The lowest BCUT2D eigenvalue weighted by Crippen LogP contribution is -1.97. The first-order valence-corrected chi connectivity index (χ1v) is 6.37. The van der Waals surface area contributed by atoms with Gasteiger partial charge in [0.1, 0.15) is 0 Å². The van der Waals surface area contributed by atoms with Crippen LogP contribution in [0, 0.1) is 4.77 Å². The number of halogens is 1. The Balaban J connectivity index is 2.28. The van der Waals surface area contributed by atoms with Crippen LogP contribution in [0.4, 0.5) is 0 Å². The van der Waals surface area contributed by atoms with Crippen molar-refractivity contribution in [2.45, 2.75) is 13.3 Å². The molecule has 0 bridgehead atoms. The van der Waals surface area contributed by atoms with Gasteiger partial charge >= 0.3 is 0 Å². The molecule has 1 heterocycles. The van der Waals surface area contributed by atoms with E-state index in [0.717, 1.165) is 22.3 Å². The Bertz CT molecular complexity index is 582. The van der Waals surface area contributed by atoms with Crippen LogP contribution in [0.15, 0.2) is 33.8 Å². The van der Waals surface area contributed by atoms with Crippen molar-refractivity contribution in [3.05, 3.63) is 44.9 Å². The summed E-state index contributed by atoms with van der Waals surface area (Å²) >= 11 is 8.49. The van der Waals surface area contributed by atoms with Crippen molar-refractivity contribution >= 4 is 34.4 Å². The van der Waals surface area contributed by atoms with E-state index in [1.165, 1.54) is 0 Å². The maximum Gasteiger partial charge on any atom is 0.216 e. The summed E-state index contributed by atoms with van der Waals surface area (Å²) in [7, 11) is 0. The average molecular weight is 311 g/mol. The van der Waals surface area contributed by atoms with Gasteiger partial charge in [0.15, 0.2) is 5.82 Å². The highest BCUT2D eigenvalue weighted by Gasteiger charge is 2.00. The van der Waals surface area contributed by atoms with Crippen LogP contribution in [0.3, 0.4) is 0 Å². The van der Waals surface area contributed by atoms with E-state index in [0.29, 0.717) is 4.77 Å². The van der Waals surface area contributed by atoms with Gasteiger partial charge in [0.05, 0.1) is 6.21 Å². The van der Waals surface area contributed by atoms with Crippen LogP contribution in [-0.2, 0) is 6.42 Å². The summed E-state index contributed by atoms with van der Waals surface area (Å²) in [4.78, 5) is 0. The molecule has 0 radical (unpaired) electrons. The first-order valence-electron chi connectivity index (χ1n) is 5.17. The van der Waals surface area contributed by atoms with Gasteiger partial charge in [0, 0.05) is 10.9 Å². The van der Waals surface area contributed by atoms with Gasteiger partial charge in [0.25, 0.3) is 0 Å². The molecule has 88 valence electrons. The molecule has 0 unspecified atom stereocenters. The van der Waals surface area contributed by atoms with Crippen LogP contribution in [0.25, 0.3) is 0 Å². The smallest absolute Gasteiger partial charge is 0.216 e. The predicted molar refractivity (Wildman–Crippen MR) is 73.9 cm³/mol. The second-order valence-corrected chi connectivity index (χ2v) is 4.71. The molecule has 2 rings (SSSR count). The molecule has 4 nitrogen and oxygen atoms in total. The number of H-pyrrole nitrogens is 1. The zero-order valence-electron chi connectivity index (χ0n) is 9.22. The first kappa shape index (κ1) is 12.2. The van der Waals surface area contributed by atoms with Crippen molar-refractivity contribution in [2.24, 2.45) is 5.10 Å². The summed E-state index contributed by atoms with van der Waals surface area (Å²) in [5, 5.41) is 11.1. The number of hydrogen-bond acceptors (Lipinski definition) is 3. The molecule has 1 aromatic heterocycles. The Morgan fingerprint density at radius 1 is 1.47 bits per heavy atom.